The number of rotatable bonds is 4. The fraction of sp³-hybridized carbons (Fsp3) is 0.833. The Morgan fingerprint density at radius 2 is 2.25 bits per heavy atom. The van der Waals surface area contributed by atoms with Crippen molar-refractivity contribution in [2.24, 2.45) is 0 Å². The monoisotopic (exact) mass is 153 g/mol. The molecule has 1 atom stereocenters. The van der Waals surface area contributed by atoms with Crippen molar-refractivity contribution in [2.45, 2.75) is 25.1 Å². The Balaban J connectivity index is 2.86. The van der Waals surface area contributed by atoms with E-state index in [1.165, 1.54) is 0 Å². The van der Waals surface area contributed by atoms with E-state index in [9.17, 15) is 0 Å². The maximum Gasteiger partial charge on any atom is 0.0502 e. The van der Waals surface area contributed by atoms with E-state index >= 15 is 0 Å². The van der Waals surface area contributed by atoms with E-state index in [0.717, 1.165) is 12.8 Å². The number of hydrogen-bond acceptors (Lipinski definition) is 0. The van der Waals surface area contributed by atoms with Gasteiger partial charge in [-0.2, -0.15) is 0 Å². The van der Waals surface area contributed by atoms with E-state index < -0.39 is 0 Å². The maximum atomic E-state index is 5.66. The van der Waals surface area contributed by atoms with Crippen molar-refractivity contribution in [1.29, 1.82) is 0 Å². The zero-order chi connectivity index (χ0) is 6.41. The highest BCUT2D eigenvalue weighted by atomic mass is 35.5. The summed E-state index contributed by atoms with van der Waals surface area (Å²) in [6.07, 6.45) is 4.26. The summed E-state index contributed by atoms with van der Waals surface area (Å²) < 4.78 is 0. The molecule has 0 aliphatic carbocycles. The van der Waals surface area contributed by atoms with Crippen LogP contribution in [0.5, 0.6) is 0 Å². The van der Waals surface area contributed by atoms with E-state index in [4.69, 9.17) is 23.2 Å². The Kier molecular flexibility index (Phi) is 6.13. The van der Waals surface area contributed by atoms with Crippen LogP contribution in [0.3, 0.4) is 0 Å². The molecule has 0 aromatic heterocycles. The van der Waals surface area contributed by atoms with Crippen molar-refractivity contribution < 1.29 is 0 Å². The van der Waals surface area contributed by atoms with Crippen LogP contribution in [0.2, 0.25) is 0 Å². The minimum absolute atomic E-state index is 0.0663. The van der Waals surface area contributed by atoms with Gasteiger partial charge in [-0.3, -0.25) is 0 Å². The van der Waals surface area contributed by atoms with Crippen LogP contribution in [0.15, 0.2) is 0 Å². The van der Waals surface area contributed by atoms with Crippen LogP contribution in [0.25, 0.3) is 0 Å². The van der Waals surface area contributed by atoms with Gasteiger partial charge in [0.15, 0.2) is 0 Å². The molecule has 0 aliphatic heterocycles. The first kappa shape index (κ1) is 8.58. The largest absolute Gasteiger partial charge is 0.125 e. The van der Waals surface area contributed by atoms with Gasteiger partial charge >= 0.3 is 0 Å². The second-order valence-electron chi connectivity index (χ2n) is 1.69. The average molecular weight is 154 g/mol. The standard InChI is InChI=1S/C6H11Cl2/c1-2-3-4-6(8)5-7/h4,6H,2-3,5H2,1H3. The van der Waals surface area contributed by atoms with Crippen LogP contribution < -0.4 is 0 Å². The van der Waals surface area contributed by atoms with Gasteiger partial charge in [0.2, 0.25) is 0 Å². The molecular formula is C6H11Cl2. The fourth-order valence-electron chi connectivity index (χ4n) is 0.411. The first-order chi connectivity index (χ1) is 3.81. The summed E-state index contributed by atoms with van der Waals surface area (Å²) in [6, 6.07) is 0. The first-order valence-corrected chi connectivity index (χ1v) is 3.81. The van der Waals surface area contributed by atoms with E-state index in [1.54, 1.807) is 0 Å². The van der Waals surface area contributed by atoms with Crippen molar-refractivity contribution in [2.75, 3.05) is 5.88 Å². The fourth-order valence-corrected chi connectivity index (χ4v) is 0.662. The molecule has 0 heterocycles. The molecule has 0 amide bonds. The van der Waals surface area contributed by atoms with E-state index in [2.05, 4.69) is 6.92 Å². The van der Waals surface area contributed by atoms with E-state index in [-0.39, 0.29) is 5.38 Å². The van der Waals surface area contributed by atoms with Gasteiger partial charge in [0.25, 0.3) is 0 Å². The first-order valence-electron chi connectivity index (χ1n) is 2.84. The summed E-state index contributed by atoms with van der Waals surface area (Å²) in [6.45, 7) is 2.12. The molecule has 0 aromatic carbocycles. The molecule has 0 fully saturated rings. The van der Waals surface area contributed by atoms with Gasteiger partial charge in [0.1, 0.15) is 0 Å². The van der Waals surface area contributed by atoms with Crippen molar-refractivity contribution in [3.05, 3.63) is 6.42 Å². The molecule has 8 heavy (non-hydrogen) atoms. The molecule has 0 bridgehead atoms. The smallest absolute Gasteiger partial charge is 0.0502 e. The summed E-state index contributed by atoms with van der Waals surface area (Å²) in [4.78, 5) is 0. The summed E-state index contributed by atoms with van der Waals surface area (Å²) >= 11 is 11.1. The van der Waals surface area contributed by atoms with Gasteiger partial charge in [-0.25, -0.2) is 0 Å². The van der Waals surface area contributed by atoms with Crippen molar-refractivity contribution in [3.8, 4) is 0 Å². The predicted octanol–water partition coefficient (Wildman–Crippen LogP) is 2.84. The van der Waals surface area contributed by atoms with Crippen molar-refractivity contribution in [3.63, 3.8) is 0 Å². The SMILES string of the molecule is CCC[CH]C(Cl)CCl. The Morgan fingerprint density at radius 3 is 2.62 bits per heavy atom. The second kappa shape index (κ2) is 5.71. The lowest BCUT2D eigenvalue weighted by atomic mass is 10.2. The maximum absolute atomic E-state index is 5.66. The summed E-state index contributed by atoms with van der Waals surface area (Å²) in [7, 11) is 0. The van der Waals surface area contributed by atoms with Crippen LogP contribution in [0.4, 0.5) is 0 Å². The van der Waals surface area contributed by atoms with Crippen LogP contribution in [-0.2, 0) is 0 Å². The molecular weight excluding hydrogens is 143 g/mol. The third kappa shape index (κ3) is 4.73. The van der Waals surface area contributed by atoms with Gasteiger partial charge in [-0.05, 0) is 12.8 Å². The second-order valence-corrected chi connectivity index (χ2v) is 2.56. The molecule has 0 aliphatic rings. The highest BCUT2D eigenvalue weighted by molar-refractivity contribution is 6.28. The number of alkyl halides is 2. The lowest BCUT2D eigenvalue weighted by Crippen LogP contribution is -1.99. The van der Waals surface area contributed by atoms with Crippen LogP contribution >= 0.6 is 23.2 Å². The highest BCUT2D eigenvalue weighted by Gasteiger charge is 1.99. The Morgan fingerprint density at radius 1 is 1.62 bits per heavy atom. The minimum atomic E-state index is 0.0663. The van der Waals surface area contributed by atoms with Gasteiger partial charge in [0.05, 0.1) is 5.38 Å². The Labute approximate surface area is 61.2 Å². The topological polar surface area (TPSA) is 0 Å². The molecule has 1 radical (unpaired) electrons. The Bertz CT molecular complexity index is 45.8. The van der Waals surface area contributed by atoms with Gasteiger partial charge < -0.3 is 0 Å². The third-order valence-electron chi connectivity index (χ3n) is 0.859. The lowest BCUT2D eigenvalue weighted by molar-refractivity contribution is 0.858. The number of halogens is 2. The molecule has 2 heteroatoms. The number of hydrogen-bond donors (Lipinski definition) is 0. The lowest BCUT2D eigenvalue weighted by Gasteiger charge is -2.00. The van der Waals surface area contributed by atoms with Crippen molar-refractivity contribution in [1.82, 2.24) is 0 Å². The summed E-state index contributed by atoms with van der Waals surface area (Å²) in [5.41, 5.74) is 0. The molecule has 1 unspecified atom stereocenters. The van der Waals surface area contributed by atoms with Gasteiger partial charge in [0, 0.05) is 5.88 Å². The van der Waals surface area contributed by atoms with E-state index in [1.807, 2.05) is 6.42 Å². The molecule has 0 saturated heterocycles. The highest BCUT2D eigenvalue weighted by Crippen LogP contribution is 2.06. The molecule has 0 rings (SSSR count). The zero-order valence-corrected chi connectivity index (χ0v) is 6.54. The molecule has 0 aromatic rings. The van der Waals surface area contributed by atoms with Crippen LogP contribution in [0, 0.1) is 6.42 Å². The van der Waals surface area contributed by atoms with Gasteiger partial charge in [-0.1, -0.05) is 13.3 Å². The molecule has 0 saturated carbocycles. The van der Waals surface area contributed by atoms with Gasteiger partial charge in [-0.15, -0.1) is 23.2 Å². The number of unbranched alkanes of at least 4 members (excludes halogenated alkanes) is 1. The minimum Gasteiger partial charge on any atom is -0.125 e. The summed E-state index contributed by atoms with van der Waals surface area (Å²) in [5, 5.41) is 0.0663. The third-order valence-corrected chi connectivity index (χ3v) is 1.68. The molecule has 49 valence electrons. The quantitative estimate of drug-likeness (QED) is 0.546. The summed E-state index contributed by atoms with van der Waals surface area (Å²) in [5.74, 6) is 0.529. The zero-order valence-electron chi connectivity index (χ0n) is 5.03. The Hall–Kier alpha value is 0.580. The van der Waals surface area contributed by atoms with E-state index in [0.29, 0.717) is 5.88 Å². The molecule has 0 spiro atoms. The average Bonchev–Trinajstić information content (AvgIpc) is 1.83. The molecule has 0 nitrogen and oxygen atoms in total. The molecule has 0 N–H and O–H groups in total. The normalized spacial score (nSPS) is 13.9. The van der Waals surface area contributed by atoms with Crippen LogP contribution in [-0.4, -0.2) is 11.3 Å². The van der Waals surface area contributed by atoms with Crippen LogP contribution in [0.1, 0.15) is 19.8 Å². The van der Waals surface area contributed by atoms with Crippen molar-refractivity contribution >= 4 is 23.2 Å². The predicted molar refractivity (Wildman–Crippen MR) is 39.6 cm³/mol.